The molecule has 0 unspecified atom stereocenters. The highest BCUT2D eigenvalue weighted by molar-refractivity contribution is 5.96. The Bertz CT molecular complexity index is 2020. The van der Waals surface area contributed by atoms with E-state index in [0.29, 0.717) is 18.5 Å². The second kappa shape index (κ2) is 18.6. The number of nitrogens with one attached hydrogen (secondary N) is 1. The molecule has 4 atom stereocenters. The number of nitrogens with two attached hydrogens (primary N) is 1. The molecule has 16 nitrogen and oxygen atoms in total. The van der Waals surface area contributed by atoms with Gasteiger partial charge in [-0.05, 0) is 42.4 Å². The average Bonchev–Trinajstić information content (AvgIpc) is 4.03. The zero-order chi connectivity index (χ0) is 43.1. The molecule has 3 aromatic rings. The number of likely N-dealkylation sites (tertiary alicyclic amines) is 2. The van der Waals surface area contributed by atoms with Crippen molar-refractivity contribution in [2.45, 2.75) is 75.2 Å². The highest BCUT2D eigenvalue weighted by atomic mass is 16.4. The normalized spacial score (nSPS) is 18.8. The zero-order valence-corrected chi connectivity index (χ0v) is 33.7. The third kappa shape index (κ3) is 8.88. The first-order valence-electron chi connectivity index (χ1n) is 20.0. The minimum atomic E-state index is -1.54. The molecule has 0 saturated carbocycles. The quantitative estimate of drug-likeness (QED) is 0.163. The Kier molecular flexibility index (Phi) is 13.3. The van der Waals surface area contributed by atoms with Crippen LogP contribution in [0.2, 0.25) is 0 Å². The molecule has 5 N–H and O–H groups in total. The Labute approximate surface area is 348 Å². The largest absolute Gasteiger partial charge is 0.481 e. The zero-order valence-electron chi connectivity index (χ0n) is 33.7. The van der Waals surface area contributed by atoms with Gasteiger partial charge in [0.15, 0.2) is 0 Å². The third-order valence-electron chi connectivity index (χ3n) is 11.5. The fourth-order valence-corrected chi connectivity index (χ4v) is 8.67. The Morgan fingerprint density at radius 2 is 1.32 bits per heavy atom. The molecule has 0 bridgehead atoms. The molecule has 0 radical (unpaired) electrons. The monoisotopic (exact) mass is 821 g/mol. The number of carboxylic acid groups (broad SMARTS) is 2. The van der Waals surface area contributed by atoms with Crippen LogP contribution in [0.3, 0.4) is 0 Å². The van der Waals surface area contributed by atoms with Crippen molar-refractivity contribution < 1.29 is 43.8 Å². The van der Waals surface area contributed by atoms with Crippen molar-refractivity contribution in [3.63, 3.8) is 0 Å². The lowest BCUT2D eigenvalue weighted by atomic mass is 9.76. The highest BCUT2D eigenvalue weighted by Crippen LogP contribution is 2.45. The van der Waals surface area contributed by atoms with E-state index in [1.54, 1.807) is 4.90 Å². The van der Waals surface area contributed by atoms with Crippen LogP contribution < -0.4 is 11.1 Å². The Hall–Kier alpha value is -6.55. The number of nitrogens with zero attached hydrogens (tertiary/aromatic N) is 5. The minimum Gasteiger partial charge on any atom is -0.481 e. The molecule has 5 amide bonds. The van der Waals surface area contributed by atoms with Gasteiger partial charge in [-0.1, -0.05) is 91.0 Å². The van der Waals surface area contributed by atoms with E-state index in [1.807, 2.05) is 97.2 Å². The first kappa shape index (κ1) is 43.0. The van der Waals surface area contributed by atoms with E-state index in [2.05, 4.69) is 10.2 Å². The van der Waals surface area contributed by atoms with E-state index < -0.39 is 78.2 Å². The van der Waals surface area contributed by atoms with Crippen molar-refractivity contribution in [1.82, 2.24) is 29.8 Å². The van der Waals surface area contributed by atoms with Crippen LogP contribution in [0, 0.1) is 0 Å². The highest BCUT2D eigenvalue weighted by Gasteiger charge is 2.46. The number of carbonyl (C=O) groups excluding carboxylic acids is 5. The van der Waals surface area contributed by atoms with Crippen molar-refractivity contribution in [3.8, 4) is 0 Å². The van der Waals surface area contributed by atoms with E-state index in [1.165, 1.54) is 23.8 Å². The number of rotatable bonds is 15. The van der Waals surface area contributed by atoms with Gasteiger partial charge < -0.3 is 40.9 Å². The van der Waals surface area contributed by atoms with Crippen LogP contribution in [0.25, 0.3) is 0 Å². The van der Waals surface area contributed by atoms with E-state index >= 15 is 0 Å². The molecule has 60 heavy (non-hydrogen) atoms. The van der Waals surface area contributed by atoms with Gasteiger partial charge in [0.2, 0.25) is 29.5 Å². The second-order valence-electron chi connectivity index (χ2n) is 15.4. The van der Waals surface area contributed by atoms with Gasteiger partial charge >= 0.3 is 11.9 Å². The molecule has 3 aliphatic heterocycles. The van der Waals surface area contributed by atoms with Gasteiger partial charge in [-0.15, -0.1) is 0 Å². The predicted octanol–water partition coefficient (Wildman–Crippen LogP) is 2.14. The van der Waals surface area contributed by atoms with Gasteiger partial charge in [-0.3, -0.25) is 33.7 Å². The number of hydrogen-bond donors (Lipinski definition) is 4. The summed E-state index contributed by atoms with van der Waals surface area (Å²) in [6.07, 6.45) is 2.35. The van der Waals surface area contributed by atoms with Crippen molar-refractivity contribution in [2.24, 2.45) is 5.73 Å². The van der Waals surface area contributed by atoms with E-state index in [9.17, 15) is 43.8 Å². The summed E-state index contributed by atoms with van der Waals surface area (Å²) in [7, 11) is 1.42. The van der Waals surface area contributed by atoms with E-state index in [0.717, 1.165) is 21.6 Å². The molecule has 3 aliphatic rings. The number of hydrogen-bond acceptors (Lipinski definition) is 9. The number of likely N-dealkylation sites (N-methyl/N-ethyl adjacent to an activating group) is 1. The van der Waals surface area contributed by atoms with E-state index in [4.69, 9.17) is 5.73 Å². The Morgan fingerprint density at radius 1 is 0.800 bits per heavy atom. The first-order chi connectivity index (χ1) is 28.7. The van der Waals surface area contributed by atoms with Crippen molar-refractivity contribution in [3.05, 3.63) is 120 Å². The number of amides is 5. The van der Waals surface area contributed by atoms with Crippen LogP contribution in [-0.2, 0) is 39.1 Å². The Balaban J connectivity index is 1.17. The maximum atomic E-state index is 13.8. The average molecular weight is 822 g/mol. The molecule has 3 aromatic carbocycles. The molecule has 16 heteroatoms. The second-order valence-corrected chi connectivity index (χ2v) is 15.4. The number of carboxylic acids is 2. The molecule has 2 saturated heterocycles. The summed E-state index contributed by atoms with van der Waals surface area (Å²) in [5.74, 6) is -5.54. The lowest BCUT2D eigenvalue weighted by Crippen LogP contribution is -2.56. The third-order valence-corrected chi connectivity index (χ3v) is 11.5. The van der Waals surface area contributed by atoms with Gasteiger partial charge in [-0.25, -0.2) is 4.79 Å². The topological polar surface area (TPSA) is 214 Å². The lowest BCUT2D eigenvalue weighted by Gasteiger charge is -2.44. The maximum Gasteiger partial charge on any atom is 0.326 e. The summed E-state index contributed by atoms with van der Waals surface area (Å²) < 4.78 is 0. The standard InChI is InChI=1S/C44H51N7O9/c1-29(52)51-28-48(44(30-14-6-3-7-15-30,31-16-8-4-9-17-31)32-18-10-5-11-19-32)26-33(51)24-34(45)41(57)47(2)27-38(53)49-22-12-20-36(49)40(56)46-35(25-39(54)55)42(58)50-23-13-21-37(50)43(59)60/h3-11,14-19,26,34-37H,12-13,20-25,27-28,45H2,1-2H3,(H,46,56)(H,54,55)(H,59,60)/t34-,35-,36-,37-/m0/s1. The summed E-state index contributed by atoms with van der Waals surface area (Å²) in [5.41, 5.74) is 9.06. The fraction of sp³-hybridized carbons (Fsp3) is 0.386. The van der Waals surface area contributed by atoms with Crippen molar-refractivity contribution >= 4 is 41.5 Å². The molecule has 0 spiro atoms. The summed E-state index contributed by atoms with van der Waals surface area (Å²) in [5, 5.41) is 21.5. The van der Waals surface area contributed by atoms with Crippen LogP contribution in [0.1, 0.15) is 62.1 Å². The first-order valence-corrected chi connectivity index (χ1v) is 20.0. The maximum absolute atomic E-state index is 13.8. The van der Waals surface area contributed by atoms with Gasteiger partial charge in [0.1, 0.15) is 23.7 Å². The number of carbonyl (C=O) groups is 7. The summed E-state index contributed by atoms with van der Waals surface area (Å²) >= 11 is 0. The Morgan fingerprint density at radius 3 is 1.82 bits per heavy atom. The van der Waals surface area contributed by atoms with Gasteiger partial charge in [0, 0.05) is 45.4 Å². The molecule has 316 valence electrons. The minimum absolute atomic E-state index is 0.0324. The number of aliphatic carboxylic acids is 2. The number of benzene rings is 3. The molecule has 6 rings (SSSR count). The molecule has 3 heterocycles. The molecule has 0 aromatic heterocycles. The van der Waals surface area contributed by atoms with Crippen molar-refractivity contribution in [1.29, 1.82) is 0 Å². The van der Waals surface area contributed by atoms with Gasteiger partial charge in [0.05, 0.1) is 25.7 Å². The van der Waals surface area contributed by atoms with Gasteiger partial charge in [0.25, 0.3) is 0 Å². The predicted molar refractivity (Wildman–Crippen MR) is 218 cm³/mol. The SMILES string of the molecule is CC(=O)N1CN(C(c2ccccc2)(c2ccccc2)c2ccccc2)C=C1C[C@H](N)C(=O)N(C)CC(=O)N1CCC[C@H]1C(=O)N[C@@H](CC(=O)O)C(=O)N1CCC[C@H]1C(=O)O. The smallest absolute Gasteiger partial charge is 0.326 e. The lowest BCUT2D eigenvalue weighted by molar-refractivity contribution is -0.151. The summed E-state index contributed by atoms with van der Waals surface area (Å²) in [4.78, 5) is 98.1. The van der Waals surface area contributed by atoms with Crippen molar-refractivity contribution in [2.75, 3.05) is 33.4 Å². The van der Waals surface area contributed by atoms with Crippen LogP contribution in [0.5, 0.6) is 0 Å². The van der Waals surface area contributed by atoms with Crippen LogP contribution in [0.4, 0.5) is 0 Å². The van der Waals surface area contributed by atoms with E-state index in [-0.39, 0.29) is 44.9 Å². The molecular weight excluding hydrogens is 771 g/mol. The van der Waals surface area contributed by atoms with Crippen LogP contribution in [0.15, 0.2) is 103 Å². The van der Waals surface area contributed by atoms with Gasteiger partial charge in [-0.2, -0.15) is 0 Å². The molecular formula is C44H51N7O9. The molecule has 2 fully saturated rings. The summed E-state index contributed by atoms with van der Waals surface area (Å²) in [6.45, 7) is 1.47. The fourth-order valence-electron chi connectivity index (χ4n) is 8.67. The summed E-state index contributed by atoms with van der Waals surface area (Å²) in [6, 6.07) is 25.0. The molecule has 0 aliphatic carbocycles. The van der Waals surface area contributed by atoms with Crippen LogP contribution in [-0.4, -0.2) is 134 Å². The van der Waals surface area contributed by atoms with Crippen LogP contribution >= 0.6 is 0 Å².